The molecule has 264 valence electrons. The second-order valence-electron chi connectivity index (χ2n) is 13.5. The minimum Gasteiger partial charge on any atom is -0.508 e. The molecule has 10 nitrogen and oxygen atoms in total. The van der Waals surface area contributed by atoms with Gasteiger partial charge in [0, 0.05) is 45.6 Å². The van der Waals surface area contributed by atoms with Gasteiger partial charge in [0.05, 0.1) is 27.4 Å². The van der Waals surface area contributed by atoms with Gasteiger partial charge in [-0.15, -0.1) is 0 Å². The highest BCUT2D eigenvalue weighted by atomic mass is 33.1. The largest absolute Gasteiger partial charge is 0.508 e. The van der Waals surface area contributed by atoms with Crippen LogP contribution in [-0.2, 0) is 0 Å². The summed E-state index contributed by atoms with van der Waals surface area (Å²) in [6, 6.07) is 8.59. The molecular formula is C37H44O10S2. The summed E-state index contributed by atoms with van der Waals surface area (Å²) in [6.45, 7) is -0.371. The van der Waals surface area contributed by atoms with Crippen LogP contribution >= 0.6 is 21.6 Å². The van der Waals surface area contributed by atoms with E-state index < -0.39 is 18.1 Å². The van der Waals surface area contributed by atoms with E-state index in [4.69, 9.17) is 18.9 Å². The van der Waals surface area contributed by atoms with Crippen LogP contribution in [0.2, 0.25) is 0 Å². The smallest absolute Gasteiger partial charge is 0.207 e. The highest BCUT2D eigenvalue weighted by Gasteiger charge is 2.47. The average Bonchev–Trinajstić information content (AvgIpc) is 3.10. The minimum absolute atomic E-state index is 0.0179. The highest BCUT2D eigenvalue weighted by molar-refractivity contribution is 8.76. The number of phenols is 3. The second-order valence-corrected chi connectivity index (χ2v) is 16.2. The molecule has 0 radical (unpaired) electrons. The van der Waals surface area contributed by atoms with Gasteiger partial charge >= 0.3 is 0 Å². The molecule has 4 aliphatic rings. The van der Waals surface area contributed by atoms with Crippen LogP contribution in [0.1, 0.15) is 84.6 Å². The molecular weight excluding hydrogens is 669 g/mol. The van der Waals surface area contributed by atoms with Crippen molar-refractivity contribution in [2.75, 3.05) is 39.8 Å². The Bertz CT molecular complexity index is 1700. The van der Waals surface area contributed by atoms with Gasteiger partial charge < -0.3 is 49.6 Å². The van der Waals surface area contributed by atoms with Crippen molar-refractivity contribution in [1.82, 2.24) is 0 Å². The van der Waals surface area contributed by atoms with E-state index >= 15 is 0 Å². The Balaban J connectivity index is 1.48. The van der Waals surface area contributed by atoms with Gasteiger partial charge in [0.1, 0.15) is 30.0 Å². The summed E-state index contributed by atoms with van der Waals surface area (Å²) in [5, 5.41) is 66.6. The number of benzene rings is 3. The number of ether oxygens (including phenoxy) is 4. The number of aromatic hydroxyl groups is 3. The molecule has 0 spiro atoms. The van der Waals surface area contributed by atoms with E-state index in [1.165, 1.54) is 33.1 Å². The zero-order valence-electron chi connectivity index (χ0n) is 27.6. The molecule has 7 rings (SSSR count). The summed E-state index contributed by atoms with van der Waals surface area (Å²) in [5.74, 6) is 0.279. The van der Waals surface area contributed by atoms with Crippen LogP contribution in [0.4, 0.5) is 0 Å². The normalized spacial score (nSPS) is 27.4. The van der Waals surface area contributed by atoms with Crippen molar-refractivity contribution in [3.8, 4) is 51.4 Å². The molecule has 2 aliphatic heterocycles. The minimum atomic E-state index is -1.15. The first-order valence-corrected chi connectivity index (χ1v) is 19.4. The number of methoxy groups -OCH3 is 2. The summed E-state index contributed by atoms with van der Waals surface area (Å²) in [4.78, 5) is 0. The second kappa shape index (κ2) is 14.2. The van der Waals surface area contributed by atoms with Crippen molar-refractivity contribution in [1.29, 1.82) is 0 Å². The van der Waals surface area contributed by atoms with E-state index in [1.54, 1.807) is 22.9 Å². The van der Waals surface area contributed by atoms with Gasteiger partial charge in [0.25, 0.3) is 0 Å². The van der Waals surface area contributed by atoms with Gasteiger partial charge in [-0.1, -0.05) is 40.5 Å². The molecule has 6 N–H and O–H groups in total. The number of fused-ring (bicyclic) bond motifs is 6. The van der Waals surface area contributed by atoms with E-state index in [0.717, 1.165) is 53.5 Å². The van der Waals surface area contributed by atoms with E-state index in [9.17, 15) is 30.6 Å². The lowest BCUT2D eigenvalue weighted by Crippen LogP contribution is -2.38. The molecule has 0 unspecified atom stereocenters. The van der Waals surface area contributed by atoms with E-state index in [1.807, 2.05) is 22.9 Å². The third-order valence-corrected chi connectivity index (χ3v) is 13.8. The zero-order chi connectivity index (χ0) is 34.4. The Morgan fingerprint density at radius 3 is 2.47 bits per heavy atom. The Hall–Kier alpha value is -3.16. The summed E-state index contributed by atoms with van der Waals surface area (Å²) in [6.07, 6.45) is 4.20. The van der Waals surface area contributed by atoms with E-state index in [2.05, 4.69) is 0 Å². The van der Waals surface area contributed by atoms with E-state index in [0.29, 0.717) is 28.4 Å². The number of aliphatic hydroxyl groups excluding tert-OH is 3. The highest BCUT2D eigenvalue weighted by Crippen LogP contribution is 2.61. The van der Waals surface area contributed by atoms with Crippen LogP contribution in [-0.4, -0.2) is 81.8 Å². The maximum Gasteiger partial charge on any atom is 0.207 e. The fourth-order valence-electron chi connectivity index (χ4n) is 8.59. The SMILES string of the molecule is COc1cc([C@H]2Oc3cc(OCCO)c4c5c3[C@@H](CSS[C@H]3CCC[C@H](CC[C@@H](c6cc(O)ccc6-4)[C@H]5CO)C3)[C@H]2O)c(O)c(OC)c1O. The summed E-state index contributed by atoms with van der Waals surface area (Å²) < 4.78 is 23.6. The third-order valence-electron chi connectivity index (χ3n) is 10.8. The summed E-state index contributed by atoms with van der Waals surface area (Å²) >= 11 is 0. The van der Waals surface area contributed by atoms with Crippen molar-refractivity contribution in [3.05, 3.63) is 52.6 Å². The molecule has 2 aliphatic carbocycles. The van der Waals surface area contributed by atoms with E-state index in [-0.39, 0.29) is 66.0 Å². The lowest BCUT2D eigenvalue weighted by atomic mass is 9.65. The van der Waals surface area contributed by atoms with Gasteiger partial charge in [-0.3, -0.25) is 0 Å². The Labute approximate surface area is 293 Å². The van der Waals surface area contributed by atoms with Crippen molar-refractivity contribution >= 4 is 21.6 Å². The first-order chi connectivity index (χ1) is 23.8. The van der Waals surface area contributed by atoms with Crippen LogP contribution < -0.4 is 18.9 Å². The summed E-state index contributed by atoms with van der Waals surface area (Å²) in [5.41, 5.74) is 4.41. The number of rotatable bonds is 7. The zero-order valence-corrected chi connectivity index (χ0v) is 29.3. The van der Waals surface area contributed by atoms with Crippen LogP contribution in [0, 0.1) is 5.92 Å². The Morgan fingerprint density at radius 2 is 1.71 bits per heavy atom. The van der Waals surface area contributed by atoms with Crippen LogP contribution in [0.3, 0.4) is 0 Å². The Kier molecular flexibility index (Phi) is 9.96. The molecule has 4 bridgehead atoms. The topological polar surface area (TPSA) is 158 Å². The first kappa shape index (κ1) is 34.3. The molecule has 1 fully saturated rings. The molecule has 12 heteroatoms. The molecule has 1 saturated carbocycles. The van der Waals surface area contributed by atoms with Crippen LogP contribution in [0.25, 0.3) is 11.1 Å². The maximum atomic E-state index is 12.4. The molecule has 3 aromatic carbocycles. The lowest BCUT2D eigenvalue weighted by molar-refractivity contribution is 0.00263. The van der Waals surface area contributed by atoms with Gasteiger partial charge in [-0.2, -0.15) is 0 Å². The lowest BCUT2D eigenvalue weighted by Gasteiger charge is -2.43. The van der Waals surface area contributed by atoms with Crippen molar-refractivity contribution in [2.45, 2.75) is 73.7 Å². The van der Waals surface area contributed by atoms with Gasteiger partial charge in [-0.25, -0.2) is 0 Å². The quantitative estimate of drug-likeness (QED) is 0.151. The van der Waals surface area contributed by atoms with Gasteiger partial charge in [0.2, 0.25) is 11.5 Å². The maximum absolute atomic E-state index is 12.4. The van der Waals surface area contributed by atoms with Gasteiger partial charge in [-0.05, 0) is 72.4 Å². The van der Waals surface area contributed by atoms with Crippen LogP contribution in [0.5, 0.6) is 40.2 Å². The first-order valence-electron chi connectivity index (χ1n) is 17.0. The molecule has 0 aromatic heterocycles. The average molecular weight is 713 g/mol. The predicted octanol–water partition coefficient (Wildman–Crippen LogP) is 6.34. The standard InChI is InChI=1S/C37H44O10S2/c1-44-29-14-24(33(41)37(45-2)35(29)43)36-34(42)26-17-48-49-20-5-3-4-18(12-20)6-8-21-23-13-19(40)7-9-22(23)30-27(46-11-10-38)15-28(47-36)31(26)32(30)25(21)16-39/h7,9,13-15,18,20-21,25-26,34,36,38-43H,3-6,8,10-12,16-17H2,1-2H3/t18-,20+,21+,25-,26-,34-,36-/m1/s1. The fourth-order valence-corrected chi connectivity index (χ4v) is 11.8. The molecule has 7 atom stereocenters. The molecule has 3 aromatic rings. The monoisotopic (exact) mass is 712 g/mol. The van der Waals surface area contributed by atoms with Crippen LogP contribution in [0.15, 0.2) is 30.3 Å². The molecule has 0 amide bonds. The molecule has 0 saturated heterocycles. The molecule has 2 heterocycles. The Morgan fingerprint density at radius 1 is 0.878 bits per heavy atom. The molecule has 49 heavy (non-hydrogen) atoms. The number of hydrogen-bond donors (Lipinski definition) is 6. The van der Waals surface area contributed by atoms with Crippen molar-refractivity contribution in [3.63, 3.8) is 0 Å². The fraction of sp³-hybridized carbons (Fsp3) is 0.514. The van der Waals surface area contributed by atoms with Crippen molar-refractivity contribution < 1.29 is 49.6 Å². The number of phenolic OH excluding ortho intramolecular Hbond substituents is 3. The number of aliphatic hydroxyl groups is 3. The summed E-state index contributed by atoms with van der Waals surface area (Å²) in [7, 11) is 6.32. The number of hydrogen-bond acceptors (Lipinski definition) is 12. The van der Waals surface area contributed by atoms with Gasteiger partial charge in [0.15, 0.2) is 17.6 Å². The van der Waals surface area contributed by atoms with Crippen molar-refractivity contribution in [2.24, 2.45) is 5.92 Å². The predicted molar refractivity (Wildman–Crippen MR) is 189 cm³/mol. The third kappa shape index (κ3) is 6.03.